The van der Waals surface area contributed by atoms with Gasteiger partial charge in [-0.05, 0) is 303 Å². The molecule has 8 aromatic carbocycles. The largest absolute Gasteiger partial charge is 0.347 e. The lowest BCUT2D eigenvalue weighted by atomic mass is 10.1. The van der Waals surface area contributed by atoms with Crippen molar-refractivity contribution in [1.29, 1.82) is 10.5 Å². The quantitative estimate of drug-likeness (QED) is 0.0719. The van der Waals surface area contributed by atoms with Crippen LogP contribution in [0.3, 0.4) is 0 Å². The first-order valence-electron chi connectivity index (χ1n) is 39.0. The summed E-state index contributed by atoms with van der Waals surface area (Å²) in [5, 5.41) is 37.2. The van der Waals surface area contributed by atoms with E-state index in [1.807, 2.05) is 96.5 Å². The fourth-order valence-corrected chi connectivity index (χ4v) is 17.2. The molecule has 0 bridgehead atoms. The molecule has 0 saturated carbocycles. The molecule has 0 unspecified atom stereocenters. The van der Waals surface area contributed by atoms with E-state index in [1.54, 1.807) is 52.2 Å². The van der Waals surface area contributed by atoms with Crippen molar-refractivity contribution in [2.24, 2.45) is 0 Å². The molecular weight excluding hydrogens is 1450 g/mol. The van der Waals surface area contributed by atoms with Crippen LogP contribution in [0.25, 0.3) is 84.0 Å². The van der Waals surface area contributed by atoms with Gasteiger partial charge < -0.3 is 18.3 Å². The number of aromatic nitrogens is 4. The van der Waals surface area contributed by atoms with Gasteiger partial charge in [0.25, 0.3) is 0 Å². The van der Waals surface area contributed by atoms with Crippen molar-refractivity contribution < 1.29 is 13.2 Å². The highest BCUT2D eigenvalue weighted by atomic mass is 35.5. The van der Waals surface area contributed by atoms with Crippen LogP contribution in [-0.2, 0) is 51.9 Å². The zero-order chi connectivity index (χ0) is 77.3. The highest BCUT2D eigenvalue weighted by Crippen LogP contribution is 2.33. The first-order chi connectivity index (χ1) is 53.3. The third kappa shape index (κ3) is 24.2. The molecule has 16 rings (SSSR count). The Morgan fingerprint density at radius 2 is 0.642 bits per heavy atom. The van der Waals surface area contributed by atoms with Crippen molar-refractivity contribution in [2.75, 3.05) is 0 Å². The number of benzene rings is 8. The van der Waals surface area contributed by atoms with Crippen LogP contribution in [0.5, 0.6) is 0 Å². The molecule has 14 heteroatoms. The maximum Gasteiger partial charge on any atom is 0.125 e. The van der Waals surface area contributed by atoms with Gasteiger partial charge in [-0.1, -0.05) is 142 Å². The van der Waals surface area contributed by atoms with E-state index in [4.69, 9.17) is 22.1 Å². The molecule has 0 N–H and O–H groups in total. The van der Waals surface area contributed by atoms with Crippen LogP contribution < -0.4 is 0 Å². The van der Waals surface area contributed by atoms with Crippen molar-refractivity contribution in [2.45, 2.75) is 191 Å². The molecule has 0 aliphatic heterocycles. The first kappa shape index (κ1) is 83.9. The van der Waals surface area contributed by atoms with Gasteiger partial charge in [-0.3, -0.25) is 0 Å². The average Bonchev–Trinajstić information content (AvgIpc) is 1.75. The van der Waals surface area contributed by atoms with Gasteiger partial charge in [0.2, 0.25) is 0 Å². The fourth-order valence-electron chi connectivity index (χ4n) is 13.1. The monoisotopic (exact) mass is 1550 g/mol. The zero-order valence-corrected chi connectivity index (χ0v) is 68.6. The smallest absolute Gasteiger partial charge is 0.125 e. The van der Waals surface area contributed by atoms with E-state index in [0.29, 0.717) is 0 Å². The lowest BCUT2D eigenvalue weighted by Crippen LogP contribution is -1.95. The summed E-state index contributed by atoms with van der Waals surface area (Å²) in [6.45, 7) is 21.7. The maximum absolute atomic E-state index is 13.0. The summed E-state index contributed by atoms with van der Waals surface area (Å²) in [6.07, 6.45) is 28.4. The van der Waals surface area contributed by atoms with Gasteiger partial charge in [-0.15, -0.1) is 45.3 Å². The lowest BCUT2D eigenvalue weighted by molar-refractivity contribution is 0.623. The van der Waals surface area contributed by atoms with Crippen molar-refractivity contribution >= 4 is 141 Å². The molecule has 0 saturated heterocycles. The van der Waals surface area contributed by atoms with Crippen LogP contribution in [0.4, 0.5) is 13.2 Å². The topological polar surface area (TPSA) is 67.3 Å². The summed E-state index contributed by atoms with van der Waals surface area (Å²) >= 11 is 13.0. The predicted molar refractivity (Wildman–Crippen MR) is 470 cm³/mol. The maximum atomic E-state index is 13.0. The summed E-state index contributed by atoms with van der Waals surface area (Å²) < 4.78 is 52.9. The van der Waals surface area contributed by atoms with E-state index in [1.165, 1.54) is 161 Å². The summed E-state index contributed by atoms with van der Waals surface area (Å²) in [5.41, 5.74) is 11.7. The molecule has 0 atom stereocenters. The molecule has 109 heavy (non-hydrogen) atoms. The Morgan fingerprint density at radius 3 is 1.05 bits per heavy atom. The third-order valence-corrected chi connectivity index (χ3v) is 23.3. The van der Waals surface area contributed by atoms with E-state index in [0.717, 1.165) is 114 Å². The molecule has 8 heterocycles. The fraction of sp³-hybridized carbons (Fsp3) is 0.305. The predicted octanol–water partition coefficient (Wildman–Crippen LogP) is 30.4. The Bertz CT molecular complexity index is 5310. The van der Waals surface area contributed by atoms with Gasteiger partial charge in [0, 0.05) is 85.8 Å². The first-order valence-corrected chi connectivity index (χ1v) is 42.8. The molecule has 6 nitrogen and oxygen atoms in total. The Labute approximate surface area is 664 Å². The number of rotatable bonds is 21. The van der Waals surface area contributed by atoms with Crippen molar-refractivity contribution in [3.63, 3.8) is 0 Å². The van der Waals surface area contributed by atoms with Crippen LogP contribution in [0.2, 0.25) is 5.02 Å². The average molecular weight is 1550 g/mol. The van der Waals surface area contributed by atoms with Gasteiger partial charge in [-0.2, -0.15) is 10.5 Å². The summed E-state index contributed by atoms with van der Waals surface area (Å²) in [4.78, 5) is 0. The number of hydrogen-bond donors (Lipinski definition) is 0. The molecule has 0 radical (unpaired) electrons. The van der Waals surface area contributed by atoms with Crippen molar-refractivity contribution in [1.82, 2.24) is 18.3 Å². The molecule has 0 fully saturated rings. The van der Waals surface area contributed by atoms with E-state index in [-0.39, 0.29) is 17.5 Å². The number of thiophene rings is 4. The number of nitriles is 2. The standard InChI is InChI=1S/C13H13NS.C12H13ClS.C12H14FN.C12H13FS.C12H11NS.C12H15N.C11H12FN.C11H13N/c1-2-3-4-11-9-15-13-6-5-10(8-14)7-12(11)13;1-2-3-4-9-8-14-12-6-5-10(13)7-11(9)12;1-2-3-7-14-8-6-10-4-5-11(13)9-12(10)14;1-2-3-4-9-8-14-12-6-5-10(13)7-11(9)12;1-2-3-10-8-14-12-5-4-9(7-13)6-11(10)12;1-2-3-9-13-10-8-11-6-4-5-7-12(11)13;1-2-6-13-7-5-9-3-4-10(12)8-11(9)13;1-2-8-12-9-7-10-5-3-4-6-11(10)12/h5-7,9H,2-4H2,1H3;5-8H,2-4H2,1H3;4-6,8-9H,2-3,7H2,1H3;5-8H,2-4H2,1H3;4-6,8H,2-3H2,1H3;4-8,10H,2-3,9H2,1H3;3-5,7-8H,2,6H2,1H3;3-7,9H,2,8H2,1H3. The van der Waals surface area contributed by atoms with Crippen molar-refractivity contribution in [3.8, 4) is 12.1 Å². The highest BCUT2D eigenvalue weighted by Gasteiger charge is 2.10. The minimum absolute atomic E-state index is 0.131. The molecule has 0 spiro atoms. The van der Waals surface area contributed by atoms with Crippen LogP contribution in [-0.4, -0.2) is 18.3 Å². The molecule has 16 aromatic rings. The molecule has 0 aliphatic rings. The molecule has 566 valence electrons. The number of aryl methyl sites for hydroxylation is 8. The van der Waals surface area contributed by atoms with Gasteiger partial charge in [0.1, 0.15) is 17.5 Å². The van der Waals surface area contributed by atoms with Gasteiger partial charge in [0.15, 0.2) is 0 Å². The summed E-state index contributed by atoms with van der Waals surface area (Å²) in [7, 11) is 0. The normalized spacial score (nSPS) is 10.8. The second-order valence-corrected chi connectivity index (χ2v) is 31.4. The number of hydrogen-bond acceptors (Lipinski definition) is 6. The SMILES string of the molecule is CCCCc1csc2ccc(C#N)cc12.CCCCc1csc2ccc(Cl)cc12.CCCCc1csc2ccc(F)cc12.CCCCn1ccc2ccc(F)cc21.CCCCn1ccc2ccccc21.CCCc1csc2ccc(C#N)cc12.CCCn1ccc2ccc(F)cc21.CCCn1ccc2ccccc21. The van der Waals surface area contributed by atoms with Crippen molar-refractivity contribution in [3.05, 3.63) is 284 Å². The summed E-state index contributed by atoms with van der Waals surface area (Å²) in [6, 6.07) is 62.7. The van der Waals surface area contributed by atoms with Gasteiger partial charge >= 0.3 is 0 Å². The van der Waals surface area contributed by atoms with E-state index >= 15 is 0 Å². The van der Waals surface area contributed by atoms with Crippen LogP contribution in [0.1, 0.15) is 172 Å². The van der Waals surface area contributed by atoms with E-state index in [9.17, 15) is 13.2 Å². The Hall–Kier alpha value is -9.18. The molecule has 0 amide bonds. The second kappa shape index (κ2) is 44.5. The van der Waals surface area contributed by atoms with Gasteiger partial charge in [0.05, 0.1) is 34.3 Å². The zero-order valence-electron chi connectivity index (χ0n) is 64.6. The van der Waals surface area contributed by atoms with Crippen LogP contribution >= 0.6 is 56.9 Å². The number of fused-ring (bicyclic) bond motifs is 8. The number of halogens is 4. The highest BCUT2D eigenvalue weighted by molar-refractivity contribution is 7.18. The van der Waals surface area contributed by atoms with E-state index in [2.05, 4.69) is 193 Å². The Balaban J connectivity index is 0.000000144. The molecule has 0 aliphatic carbocycles. The minimum Gasteiger partial charge on any atom is -0.347 e. The lowest BCUT2D eigenvalue weighted by Gasteiger charge is -2.03. The number of unbranched alkanes of at least 4 members (excludes halogenated alkanes) is 5. The second-order valence-electron chi connectivity index (χ2n) is 27.3. The van der Waals surface area contributed by atoms with Crippen LogP contribution in [0.15, 0.2) is 228 Å². The number of para-hydroxylation sites is 2. The molecule has 8 aromatic heterocycles. The van der Waals surface area contributed by atoms with Gasteiger partial charge in [-0.25, -0.2) is 13.2 Å². The van der Waals surface area contributed by atoms with Crippen LogP contribution in [0, 0.1) is 40.1 Å². The minimum atomic E-state index is -0.163. The van der Waals surface area contributed by atoms with E-state index < -0.39 is 0 Å². The number of nitrogens with zero attached hydrogens (tertiary/aromatic N) is 6. The Kier molecular flexibility index (Phi) is 34.2. The molecular formula is C95H104ClF3N6S4. The third-order valence-electron chi connectivity index (χ3n) is 19.0. The Morgan fingerprint density at radius 1 is 0.312 bits per heavy atom. The summed E-state index contributed by atoms with van der Waals surface area (Å²) in [5.74, 6) is -0.453.